The zero-order valence-corrected chi connectivity index (χ0v) is 11.2. The fourth-order valence-corrected chi connectivity index (χ4v) is 3.93. The number of aliphatic carboxylic acids is 1. The van der Waals surface area contributed by atoms with Gasteiger partial charge in [-0.1, -0.05) is 6.42 Å². The highest BCUT2D eigenvalue weighted by Gasteiger charge is 2.58. The van der Waals surface area contributed by atoms with Crippen molar-refractivity contribution in [1.29, 1.82) is 0 Å². The third-order valence-corrected chi connectivity index (χ3v) is 5.00. The minimum atomic E-state index is -1.32. The molecule has 2 fully saturated rings. The van der Waals surface area contributed by atoms with Gasteiger partial charge < -0.3 is 26.2 Å². The summed E-state index contributed by atoms with van der Waals surface area (Å²) in [6.45, 7) is 2.89. The number of fused-ring (bicyclic) bond motifs is 1. The number of nitrogens with one attached hydrogen (secondary N) is 1. The van der Waals surface area contributed by atoms with E-state index in [0.29, 0.717) is 31.2 Å². The highest BCUT2D eigenvalue weighted by molar-refractivity contribution is 6.40. The number of carbonyl (C=O) groups is 1. The number of rotatable bonds is 5. The Bertz CT molecular complexity index is 355. The van der Waals surface area contributed by atoms with E-state index in [4.69, 9.17) is 15.8 Å². The molecular weight excluding hydrogens is 247 g/mol. The summed E-state index contributed by atoms with van der Waals surface area (Å²) >= 11 is 0. The number of carboxylic acids is 1. The van der Waals surface area contributed by atoms with Crippen molar-refractivity contribution in [3.8, 4) is 0 Å². The maximum atomic E-state index is 11.5. The van der Waals surface area contributed by atoms with E-state index >= 15 is 0 Å². The maximum absolute atomic E-state index is 11.5. The third-order valence-electron chi connectivity index (χ3n) is 5.00. The van der Waals surface area contributed by atoms with Crippen LogP contribution in [0.4, 0.5) is 0 Å². The number of hydrogen-bond donors (Lipinski definition) is 5. The van der Waals surface area contributed by atoms with Gasteiger partial charge in [-0.3, -0.25) is 4.79 Å². The second kappa shape index (κ2) is 5.40. The molecule has 0 bridgehead atoms. The Morgan fingerprint density at radius 2 is 2.16 bits per heavy atom. The summed E-state index contributed by atoms with van der Waals surface area (Å²) in [4.78, 5) is 11.5. The van der Waals surface area contributed by atoms with Crippen molar-refractivity contribution < 1.29 is 19.9 Å². The molecule has 1 heterocycles. The summed E-state index contributed by atoms with van der Waals surface area (Å²) in [5.41, 5.74) is 5.00. The van der Waals surface area contributed by atoms with Gasteiger partial charge in [0.1, 0.15) is 5.54 Å². The van der Waals surface area contributed by atoms with Crippen molar-refractivity contribution in [3.63, 3.8) is 0 Å². The number of nitrogens with two attached hydrogens (primary N) is 1. The Kier molecular flexibility index (Phi) is 4.20. The molecule has 0 amide bonds. The average Bonchev–Trinajstić information content (AvgIpc) is 2.79. The van der Waals surface area contributed by atoms with Gasteiger partial charge in [-0.25, -0.2) is 0 Å². The average molecular weight is 270 g/mol. The van der Waals surface area contributed by atoms with E-state index in [1.54, 1.807) is 0 Å². The highest BCUT2D eigenvalue weighted by atomic mass is 16.4. The van der Waals surface area contributed by atoms with E-state index in [-0.39, 0.29) is 18.2 Å². The fourth-order valence-electron chi connectivity index (χ4n) is 3.93. The lowest BCUT2D eigenvalue weighted by atomic mass is 9.76. The molecule has 0 spiro atoms. The molecule has 0 aromatic carbocycles. The number of carboxylic acid groups (broad SMARTS) is 1. The lowest BCUT2D eigenvalue weighted by Crippen LogP contribution is -2.53. The Morgan fingerprint density at radius 3 is 2.74 bits per heavy atom. The van der Waals surface area contributed by atoms with Crippen LogP contribution in [0.15, 0.2) is 0 Å². The van der Waals surface area contributed by atoms with Crippen LogP contribution in [0.3, 0.4) is 0 Å². The van der Waals surface area contributed by atoms with Gasteiger partial charge in [-0.05, 0) is 50.4 Å². The molecule has 1 saturated carbocycles. The Morgan fingerprint density at radius 1 is 1.47 bits per heavy atom. The number of hydrogen-bond acceptors (Lipinski definition) is 5. The van der Waals surface area contributed by atoms with Gasteiger partial charge in [0.05, 0.1) is 0 Å². The molecule has 0 aromatic heterocycles. The molecule has 4 unspecified atom stereocenters. The van der Waals surface area contributed by atoms with Crippen molar-refractivity contribution in [2.75, 3.05) is 6.54 Å². The van der Waals surface area contributed by atoms with Crippen molar-refractivity contribution in [2.45, 2.75) is 44.1 Å². The minimum Gasteiger partial charge on any atom is -0.480 e. The Labute approximate surface area is 113 Å². The van der Waals surface area contributed by atoms with Gasteiger partial charge in [0, 0.05) is 6.04 Å². The van der Waals surface area contributed by atoms with Crippen molar-refractivity contribution in [1.82, 2.24) is 5.32 Å². The third kappa shape index (κ3) is 2.65. The Hall–Kier alpha value is -0.625. The molecule has 2 aliphatic rings. The largest absolute Gasteiger partial charge is 0.480 e. The molecule has 1 aliphatic carbocycles. The lowest BCUT2D eigenvalue weighted by Gasteiger charge is -2.30. The summed E-state index contributed by atoms with van der Waals surface area (Å²) in [6.07, 6.45) is 2.00. The van der Waals surface area contributed by atoms with Crippen LogP contribution in [0.2, 0.25) is 6.32 Å². The molecule has 0 radical (unpaired) electrons. The van der Waals surface area contributed by atoms with Crippen molar-refractivity contribution >= 4 is 13.1 Å². The van der Waals surface area contributed by atoms with Crippen LogP contribution < -0.4 is 11.1 Å². The molecule has 6 nitrogen and oxygen atoms in total. The molecular formula is C12H23BN2O4. The van der Waals surface area contributed by atoms with Crippen LogP contribution in [0.1, 0.15) is 26.2 Å². The quantitative estimate of drug-likeness (QED) is 0.420. The fraction of sp³-hybridized carbons (Fsp3) is 0.917. The molecule has 1 aliphatic heterocycles. The first-order chi connectivity index (χ1) is 8.86. The van der Waals surface area contributed by atoms with E-state index in [0.717, 1.165) is 6.54 Å². The summed E-state index contributed by atoms with van der Waals surface area (Å²) in [5, 5.41) is 30.6. The van der Waals surface area contributed by atoms with Gasteiger partial charge in [0.15, 0.2) is 0 Å². The van der Waals surface area contributed by atoms with E-state index in [1.807, 2.05) is 0 Å². The normalized spacial score (nSPS) is 41.3. The van der Waals surface area contributed by atoms with Crippen LogP contribution >= 0.6 is 0 Å². The lowest BCUT2D eigenvalue weighted by molar-refractivity contribution is -0.145. The van der Waals surface area contributed by atoms with Gasteiger partial charge in [0.25, 0.3) is 0 Å². The predicted octanol–water partition coefficient (Wildman–Crippen LogP) is -0.734. The molecule has 1 saturated heterocycles. The molecule has 19 heavy (non-hydrogen) atoms. The Balaban J connectivity index is 2.09. The predicted molar refractivity (Wildman–Crippen MR) is 71.3 cm³/mol. The molecule has 6 N–H and O–H groups in total. The summed E-state index contributed by atoms with van der Waals surface area (Å²) in [7, 11) is -1.32. The van der Waals surface area contributed by atoms with Crippen LogP contribution in [0.5, 0.6) is 0 Å². The summed E-state index contributed by atoms with van der Waals surface area (Å²) in [5.74, 6) is -0.424. The van der Waals surface area contributed by atoms with E-state index in [1.165, 1.54) is 0 Å². The minimum absolute atomic E-state index is 0.0915. The zero-order chi connectivity index (χ0) is 14.2. The van der Waals surface area contributed by atoms with Gasteiger partial charge in [-0.15, -0.1) is 0 Å². The van der Waals surface area contributed by atoms with Gasteiger partial charge in [0.2, 0.25) is 0 Å². The molecule has 2 rings (SSSR count). The second-order valence-electron chi connectivity index (χ2n) is 6.09. The van der Waals surface area contributed by atoms with Crippen molar-refractivity contribution in [3.05, 3.63) is 0 Å². The molecule has 7 heteroatoms. The van der Waals surface area contributed by atoms with Gasteiger partial charge in [-0.2, -0.15) is 0 Å². The van der Waals surface area contributed by atoms with E-state index < -0.39 is 18.6 Å². The maximum Gasteiger partial charge on any atom is 0.451 e. The van der Waals surface area contributed by atoms with Crippen LogP contribution in [-0.4, -0.2) is 46.4 Å². The van der Waals surface area contributed by atoms with Crippen LogP contribution in [0.25, 0.3) is 0 Å². The van der Waals surface area contributed by atoms with E-state index in [2.05, 4.69) is 12.2 Å². The van der Waals surface area contributed by atoms with Crippen LogP contribution in [0, 0.1) is 17.8 Å². The molecule has 0 aromatic rings. The first-order valence-electron chi connectivity index (χ1n) is 6.98. The molecule has 5 atom stereocenters. The first kappa shape index (κ1) is 14.8. The SMILES string of the molecule is CC1NCC2C(CCCB(O)O)C(N)(C(=O)O)C[C@@H]12. The van der Waals surface area contributed by atoms with E-state index in [9.17, 15) is 9.90 Å². The van der Waals surface area contributed by atoms with Gasteiger partial charge >= 0.3 is 13.1 Å². The zero-order valence-electron chi connectivity index (χ0n) is 11.2. The monoisotopic (exact) mass is 270 g/mol. The standard InChI is InChI=1S/C12H23BN2O4/c1-7-8-5-12(14,11(16)17)10(9(8)6-15-7)3-2-4-13(18)19/h7-10,15,18-19H,2-6,14H2,1H3,(H,16,17)/t7?,8-,9?,10?,12?/m0/s1. The topological polar surface area (TPSA) is 116 Å². The molecule has 108 valence electrons. The highest BCUT2D eigenvalue weighted by Crippen LogP contribution is 2.49. The smallest absolute Gasteiger partial charge is 0.451 e. The van der Waals surface area contributed by atoms with Crippen molar-refractivity contribution in [2.24, 2.45) is 23.5 Å². The second-order valence-corrected chi connectivity index (χ2v) is 6.09. The summed E-state index contributed by atoms with van der Waals surface area (Å²) in [6, 6.07) is 0.306. The first-order valence-corrected chi connectivity index (χ1v) is 6.98. The summed E-state index contributed by atoms with van der Waals surface area (Å²) < 4.78 is 0. The van der Waals surface area contributed by atoms with Crippen LogP contribution in [-0.2, 0) is 4.79 Å².